The second-order valence-electron chi connectivity index (χ2n) is 6.33. The van der Waals surface area contributed by atoms with Gasteiger partial charge in [0.15, 0.2) is 0 Å². The molecule has 0 spiro atoms. The van der Waals surface area contributed by atoms with Gasteiger partial charge in [-0.25, -0.2) is 13.2 Å². The number of amides is 3. The zero-order chi connectivity index (χ0) is 20.9. The van der Waals surface area contributed by atoms with Gasteiger partial charge in [-0.2, -0.15) is 4.31 Å². The Balaban J connectivity index is 1.97. The molecule has 0 radical (unpaired) electrons. The number of hydrogen-bond acceptors (Lipinski definition) is 7. The van der Waals surface area contributed by atoms with Crippen molar-refractivity contribution in [3.8, 4) is 0 Å². The molecule has 2 N–H and O–H groups in total. The largest absolute Gasteiger partial charge is 0.341 e. The van der Waals surface area contributed by atoms with Gasteiger partial charge in [-0.3, -0.25) is 20.2 Å². The average molecular weight is 413 g/mol. The molecule has 0 saturated carbocycles. The number of urea groups is 1. The molecular formula is C16H23N5O6S. The third-order valence-electron chi connectivity index (χ3n) is 4.47. The molecule has 2 rings (SSSR count). The van der Waals surface area contributed by atoms with Crippen LogP contribution in [0.1, 0.15) is 12.0 Å². The molecule has 1 aliphatic rings. The number of non-ortho nitro benzene ring substituents is 1. The van der Waals surface area contributed by atoms with Gasteiger partial charge in [-0.15, -0.1) is 0 Å². The Morgan fingerprint density at radius 3 is 2.43 bits per heavy atom. The summed E-state index contributed by atoms with van der Waals surface area (Å²) in [6.45, 7) is 3.24. The van der Waals surface area contributed by atoms with Gasteiger partial charge in [0.2, 0.25) is 15.9 Å². The number of carbonyl (C=O) groups is 2. The van der Waals surface area contributed by atoms with Crippen LogP contribution in [0.3, 0.4) is 0 Å². The highest BCUT2D eigenvalue weighted by atomic mass is 32.2. The fraction of sp³-hybridized carbons (Fsp3) is 0.500. The molecule has 1 saturated heterocycles. The van der Waals surface area contributed by atoms with Gasteiger partial charge in [-0.1, -0.05) is 6.07 Å². The van der Waals surface area contributed by atoms with Crippen LogP contribution >= 0.6 is 0 Å². The molecule has 3 amide bonds. The van der Waals surface area contributed by atoms with E-state index in [1.54, 1.807) is 6.92 Å². The Morgan fingerprint density at radius 1 is 1.21 bits per heavy atom. The summed E-state index contributed by atoms with van der Waals surface area (Å²) in [5, 5.41) is 15.4. The number of sulfonamides is 1. The minimum atomic E-state index is -3.85. The fourth-order valence-corrected chi connectivity index (χ4v) is 4.49. The second kappa shape index (κ2) is 9.08. The molecule has 0 bridgehead atoms. The van der Waals surface area contributed by atoms with Crippen LogP contribution in [0.25, 0.3) is 0 Å². The Hall–Kier alpha value is -2.57. The number of nitrogens with zero attached hydrogens (tertiary/aromatic N) is 3. The van der Waals surface area contributed by atoms with Crippen molar-refractivity contribution in [2.24, 2.45) is 0 Å². The SMILES string of the molecule is CNC(=O)NC(=O)CCN1CCN(S(=O)(=O)c2cc([N+](=O)[O-])ccc2C)CC1. The highest BCUT2D eigenvalue weighted by Crippen LogP contribution is 2.25. The van der Waals surface area contributed by atoms with Crippen LogP contribution < -0.4 is 10.6 Å². The van der Waals surface area contributed by atoms with E-state index in [2.05, 4.69) is 10.6 Å². The summed E-state index contributed by atoms with van der Waals surface area (Å²) in [5.41, 5.74) is 0.170. The Labute approximate surface area is 162 Å². The first-order chi connectivity index (χ1) is 13.1. The second-order valence-corrected chi connectivity index (χ2v) is 8.24. The smallest absolute Gasteiger partial charge is 0.321 e. The van der Waals surface area contributed by atoms with Crippen LogP contribution in [0.2, 0.25) is 0 Å². The Bertz CT molecular complexity index is 864. The zero-order valence-electron chi connectivity index (χ0n) is 15.7. The van der Waals surface area contributed by atoms with E-state index in [1.165, 1.54) is 23.5 Å². The predicted molar refractivity (Wildman–Crippen MR) is 100 cm³/mol. The lowest BCUT2D eigenvalue weighted by Crippen LogP contribution is -2.49. The van der Waals surface area contributed by atoms with Gasteiger partial charge in [0.25, 0.3) is 5.69 Å². The number of carbonyl (C=O) groups excluding carboxylic acids is 2. The third kappa shape index (κ3) is 5.24. The maximum Gasteiger partial charge on any atom is 0.321 e. The number of benzene rings is 1. The molecule has 0 aliphatic carbocycles. The number of imide groups is 1. The van der Waals surface area contributed by atoms with Crippen LogP contribution in [0.4, 0.5) is 10.5 Å². The minimum absolute atomic E-state index is 0.0693. The van der Waals surface area contributed by atoms with Crippen LogP contribution in [0.5, 0.6) is 0 Å². The maximum absolute atomic E-state index is 12.9. The van der Waals surface area contributed by atoms with Crippen molar-refractivity contribution in [3.05, 3.63) is 33.9 Å². The van der Waals surface area contributed by atoms with Crippen molar-refractivity contribution < 1.29 is 22.9 Å². The van der Waals surface area contributed by atoms with Crippen LogP contribution in [0.15, 0.2) is 23.1 Å². The lowest BCUT2D eigenvalue weighted by Gasteiger charge is -2.34. The fourth-order valence-electron chi connectivity index (χ4n) is 2.82. The van der Waals surface area contributed by atoms with Gasteiger partial charge in [0, 0.05) is 58.3 Å². The first-order valence-electron chi connectivity index (χ1n) is 8.64. The van der Waals surface area contributed by atoms with E-state index in [0.29, 0.717) is 25.2 Å². The van der Waals surface area contributed by atoms with E-state index in [9.17, 15) is 28.1 Å². The molecule has 1 fully saturated rings. The average Bonchev–Trinajstić information content (AvgIpc) is 2.66. The maximum atomic E-state index is 12.9. The summed E-state index contributed by atoms with van der Waals surface area (Å²) in [4.78, 5) is 34.9. The van der Waals surface area contributed by atoms with E-state index in [0.717, 1.165) is 6.07 Å². The molecule has 0 unspecified atom stereocenters. The Morgan fingerprint density at radius 2 is 1.86 bits per heavy atom. The predicted octanol–water partition coefficient (Wildman–Crippen LogP) is 0.0552. The lowest BCUT2D eigenvalue weighted by atomic mass is 10.2. The van der Waals surface area contributed by atoms with Crippen molar-refractivity contribution in [2.75, 3.05) is 39.8 Å². The van der Waals surface area contributed by atoms with Gasteiger partial charge < -0.3 is 10.2 Å². The number of aryl methyl sites for hydroxylation is 1. The molecule has 11 nitrogen and oxygen atoms in total. The molecule has 154 valence electrons. The summed E-state index contributed by atoms with van der Waals surface area (Å²) < 4.78 is 27.1. The quantitative estimate of drug-likeness (QED) is 0.496. The summed E-state index contributed by atoms with van der Waals surface area (Å²) in [6.07, 6.45) is 0.115. The number of nitrogens with one attached hydrogen (secondary N) is 2. The normalized spacial score (nSPS) is 15.8. The van der Waals surface area contributed by atoms with Crippen molar-refractivity contribution in [1.29, 1.82) is 0 Å². The zero-order valence-corrected chi connectivity index (χ0v) is 16.5. The molecule has 0 aromatic heterocycles. The lowest BCUT2D eigenvalue weighted by molar-refractivity contribution is -0.385. The molecule has 0 atom stereocenters. The molecule has 12 heteroatoms. The Kier molecular flexibility index (Phi) is 7.05. The first-order valence-corrected chi connectivity index (χ1v) is 10.1. The van der Waals surface area contributed by atoms with Crippen LogP contribution in [-0.2, 0) is 14.8 Å². The van der Waals surface area contributed by atoms with E-state index in [-0.39, 0.29) is 30.1 Å². The summed E-state index contributed by atoms with van der Waals surface area (Å²) in [5.74, 6) is -0.415. The minimum Gasteiger partial charge on any atom is -0.341 e. The molecule has 1 aliphatic heterocycles. The summed E-state index contributed by atoms with van der Waals surface area (Å²) in [7, 11) is -2.44. The molecule has 28 heavy (non-hydrogen) atoms. The number of hydrogen-bond donors (Lipinski definition) is 2. The number of rotatable bonds is 6. The number of piperazine rings is 1. The molecule has 1 aromatic rings. The summed E-state index contributed by atoms with van der Waals surface area (Å²) in [6, 6.07) is 3.20. The van der Waals surface area contributed by atoms with Crippen molar-refractivity contribution >= 4 is 27.6 Å². The number of nitro benzene ring substituents is 1. The van der Waals surface area contributed by atoms with Gasteiger partial charge in [-0.05, 0) is 12.5 Å². The van der Waals surface area contributed by atoms with Crippen molar-refractivity contribution in [1.82, 2.24) is 19.8 Å². The van der Waals surface area contributed by atoms with Gasteiger partial charge >= 0.3 is 6.03 Å². The van der Waals surface area contributed by atoms with Crippen molar-refractivity contribution in [3.63, 3.8) is 0 Å². The molecule has 1 aromatic carbocycles. The molecule has 1 heterocycles. The van der Waals surface area contributed by atoms with Gasteiger partial charge in [0.1, 0.15) is 0 Å². The third-order valence-corrected chi connectivity index (χ3v) is 6.51. The standard InChI is InChI=1S/C16H23N5O6S/c1-12-3-4-13(21(24)25)11-14(12)28(26,27)20-9-7-19(8-10-20)6-5-15(22)18-16(23)17-2/h3-4,11H,5-10H2,1-2H3,(H2,17,18,22,23). The highest BCUT2D eigenvalue weighted by molar-refractivity contribution is 7.89. The van der Waals surface area contributed by atoms with Crippen LogP contribution in [-0.4, -0.2) is 74.3 Å². The molecular weight excluding hydrogens is 390 g/mol. The van der Waals surface area contributed by atoms with E-state index >= 15 is 0 Å². The monoisotopic (exact) mass is 413 g/mol. The van der Waals surface area contributed by atoms with E-state index in [4.69, 9.17) is 0 Å². The van der Waals surface area contributed by atoms with Crippen LogP contribution in [0, 0.1) is 17.0 Å². The van der Waals surface area contributed by atoms with E-state index in [1.807, 2.05) is 4.90 Å². The number of nitro groups is 1. The van der Waals surface area contributed by atoms with E-state index < -0.39 is 26.9 Å². The topological polar surface area (TPSA) is 142 Å². The summed E-state index contributed by atoms with van der Waals surface area (Å²) >= 11 is 0. The highest BCUT2D eigenvalue weighted by Gasteiger charge is 2.30. The first kappa shape index (κ1) is 21.7. The van der Waals surface area contributed by atoms with Crippen molar-refractivity contribution in [2.45, 2.75) is 18.2 Å². The van der Waals surface area contributed by atoms with Gasteiger partial charge in [0.05, 0.1) is 9.82 Å².